The number of hydrogen-bond donors (Lipinski definition) is 1. The first-order valence-corrected chi connectivity index (χ1v) is 11.0. The molecule has 0 saturated heterocycles. The minimum Gasteiger partial charge on any atom is -0.435 e. The molecule has 4 aromatic rings. The van der Waals surface area contributed by atoms with Crippen LogP contribution in [0.15, 0.2) is 42.7 Å². The van der Waals surface area contributed by atoms with Crippen molar-refractivity contribution in [3.63, 3.8) is 0 Å². The Hall–Kier alpha value is -4.39. The van der Waals surface area contributed by atoms with Gasteiger partial charge in [-0.3, -0.25) is 9.48 Å². The third kappa shape index (κ3) is 5.00. The number of amides is 1. The van der Waals surface area contributed by atoms with Crippen molar-refractivity contribution in [3.8, 4) is 22.6 Å². The highest BCUT2D eigenvalue weighted by Crippen LogP contribution is 2.33. The summed E-state index contributed by atoms with van der Waals surface area (Å²) in [6.45, 7) is 3.34. The molecular formula is C22H20ClFN8O4. The number of carbonyl (C=O) groups excluding carboxylic acids is 2. The molecule has 0 unspecified atom stereocenters. The number of pyridine rings is 1. The molecule has 12 nitrogen and oxygen atoms in total. The maximum atomic E-state index is 15.3. The molecule has 1 atom stereocenters. The topological polar surface area (TPSA) is 139 Å². The number of aromatic nitrogens is 7. The molecule has 3 heterocycles. The molecule has 1 amide bonds. The minimum absolute atomic E-state index is 0.0599. The number of carbonyl (C=O) groups is 2. The predicted molar refractivity (Wildman–Crippen MR) is 125 cm³/mol. The van der Waals surface area contributed by atoms with Gasteiger partial charge in [0.25, 0.3) is 5.91 Å². The van der Waals surface area contributed by atoms with Gasteiger partial charge in [-0.05, 0) is 48.5 Å². The normalized spacial score (nSPS) is 11.7. The Kier molecular flexibility index (Phi) is 7.20. The first kappa shape index (κ1) is 24.7. The summed E-state index contributed by atoms with van der Waals surface area (Å²) in [4.78, 5) is 28.3. The Labute approximate surface area is 209 Å². The van der Waals surface area contributed by atoms with E-state index in [1.54, 1.807) is 33.0 Å². The van der Waals surface area contributed by atoms with Crippen molar-refractivity contribution in [2.45, 2.75) is 20.1 Å². The van der Waals surface area contributed by atoms with Gasteiger partial charge in [-0.25, -0.2) is 14.2 Å². The summed E-state index contributed by atoms with van der Waals surface area (Å²) in [5, 5.41) is 18.6. The van der Waals surface area contributed by atoms with E-state index in [1.807, 2.05) is 0 Å². The van der Waals surface area contributed by atoms with Crippen molar-refractivity contribution in [3.05, 3.63) is 59.1 Å². The van der Waals surface area contributed by atoms with Crippen LogP contribution in [-0.4, -0.2) is 53.6 Å². The molecule has 0 saturated carbocycles. The van der Waals surface area contributed by atoms with Crippen LogP contribution in [0.4, 0.5) is 15.0 Å². The number of nitrogens with zero attached hydrogens (tertiary/aromatic N) is 7. The molecule has 14 heteroatoms. The van der Waals surface area contributed by atoms with Gasteiger partial charge in [-0.15, -0.1) is 5.10 Å². The number of anilines is 1. The van der Waals surface area contributed by atoms with Gasteiger partial charge in [0.2, 0.25) is 5.82 Å². The molecule has 0 fully saturated rings. The summed E-state index contributed by atoms with van der Waals surface area (Å²) < 4.78 is 27.9. The van der Waals surface area contributed by atoms with Crippen molar-refractivity contribution in [1.82, 2.24) is 35.0 Å². The van der Waals surface area contributed by atoms with Crippen molar-refractivity contribution in [2.75, 3.05) is 11.9 Å². The van der Waals surface area contributed by atoms with Crippen LogP contribution in [0.2, 0.25) is 5.02 Å². The molecule has 186 valence electrons. The average Bonchev–Trinajstić information content (AvgIpc) is 3.47. The Balaban J connectivity index is 1.64. The molecule has 36 heavy (non-hydrogen) atoms. The molecule has 3 aromatic heterocycles. The van der Waals surface area contributed by atoms with Gasteiger partial charge in [-0.1, -0.05) is 17.7 Å². The van der Waals surface area contributed by atoms with Gasteiger partial charge in [0, 0.05) is 29.9 Å². The van der Waals surface area contributed by atoms with E-state index in [4.69, 9.17) is 21.1 Å². The molecule has 0 aliphatic rings. The summed E-state index contributed by atoms with van der Waals surface area (Å²) in [5.41, 5.74) is 0.925. The monoisotopic (exact) mass is 514 g/mol. The maximum Gasteiger partial charge on any atom is 0.510 e. The lowest BCUT2D eigenvalue weighted by atomic mass is 10.0. The summed E-state index contributed by atoms with van der Waals surface area (Å²) in [6, 6.07) is 7.18. The summed E-state index contributed by atoms with van der Waals surface area (Å²) in [6.07, 6.45) is 1.10. The summed E-state index contributed by atoms with van der Waals surface area (Å²) in [5.74, 6) is -0.929. The second-order valence-electron chi connectivity index (χ2n) is 7.36. The predicted octanol–water partition coefficient (Wildman–Crippen LogP) is 3.87. The van der Waals surface area contributed by atoms with Crippen LogP contribution < -0.4 is 5.32 Å². The van der Waals surface area contributed by atoms with E-state index >= 15 is 4.39 Å². The zero-order valence-corrected chi connectivity index (χ0v) is 20.1. The Morgan fingerprint density at radius 1 is 1.25 bits per heavy atom. The zero-order valence-electron chi connectivity index (χ0n) is 19.3. The van der Waals surface area contributed by atoms with Crippen molar-refractivity contribution in [1.29, 1.82) is 0 Å². The second-order valence-corrected chi connectivity index (χ2v) is 7.77. The highest BCUT2D eigenvalue weighted by molar-refractivity contribution is 6.33. The molecule has 0 bridgehead atoms. The quantitative estimate of drug-likeness (QED) is 0.364. The Morgan fingerprint density at radius 3 is 2.78 bits per heavy atom. The smallest absolute Gasteiger partial charge is 0.435 e. The third-order valence-corrected chi connectivity index (χ3v) is 5.33. The highest BCUT2D eigenvalue weighted by atomic mass is 35.5. The van der Waals surface area contributed by atoms with Crippen LogP contribution in [0.25, 0.3) is 22.6 Å². The van der Waals surface area contributed by atoms with Gasteiger partial charge in [-0.2, -0.15) is 9.78 Å². The standard InChI is InChI=1S/C22H20ClFN8O4/c1-4-35-22(34)36-12(2)32-20(28-29-30-32)18-15(11-26-31(18)3)14-8-7-13(10-17(14)24)21(33)27-19-16(23)6-5-9-25-19/h5-12H,4H2,1-3H3,(H,25,27,33)/t12-/m0/s1. The molecule has 1 N–H and O–H groups in total. The van der Waals surface area contributed by atoms with Crippen LogP contribution in [0.5, 0.6) is 0 Å². The van der Waals surface area contributed by atoms with Crippen LogP contribution >= 0.6 is 11.6 Å². The lowest BCUT2D eigenvalue weighted by Crippen LogP contribution is -2.18. The largest absolute Gasteiger partial charge is 0.510 e. The van der Waals surface area contributed by atoms with E-state index in [-0.39, 0.29) is 34.4 Å². The van der Waals surface area contributed by atoms with E-state index in [2.05, 4.69) is 30.9 Å². The summed E-state index contributed by atoms with van der Waals surface area (Å²) in [7, 11) is 1.63. The first-order valence-electron chi connectivity index (χ1n) is 10.7. The molecule has 4 rings (SSSR count). The highest BCUT2D eigenvalue weighted by Gasteiger charge is 2.25. The minimum atomic E-state index is -0.925. The first-order chi connectivity index (χ1) is 17.3. The number of nitrogens with one attached hydrogen (secondary N) is 1. The average molecular weight is 515 g/mol. The molecule has 1 aromatic carbocycles. The lowest BCUT2D eigenvalue weighted by molar-refractivity contribution is 0.00140. The fourth-order valence-corrected chi connectivity index (χ4v) is 3.54. The van der Waals surface area contributed by atoms with Crippen LogP contribution in [-0.2, 0) is 16.5 Å². The van der Waals surface area contributed by atoms with Crippen LogP contribution in [0.1, 0.15) is 30.4 Å². The lowest BCUT2D eigenvalue weighted by Gasteiger charge is -2.15. The van der Waals surface area contributed by atoms with E-state index in [9.17, 15) is 9.59 Å². The fourth-order valence-electron chi connectivity index (χ4n) is 3.37. The second kappa shape index (κ2) is 10.5. The number of tetrazole rings is 1. The molecule has 0 aliphatic heterocycles. The van der Waals surface area contributed by atoms with Gasteiger partial charge in [0.15, 0.2) is 12.0 Å². The Bertz CT molecular complexity index is 1420. The van der Waals surface area contributed by atoms with Crippen molar-refractivity contribution < 1.29 is 23.5 Å². The van der Waals surface area contributed by atoms with Gasteiger partial charge < -0.3 is 14.8 Å². The number of halogens is 2. The third-order valence-electron chi connectivity index (χ3n) is 5.03. The van der Waals surface area contributed by atoms with Crippen molar-refractivity contribution in [2.24, 2.45) is 7.05 Å². The van der Waals surface area contributed by atoms with E-state index < -0.39 is 24.1 Å². The molecule has 0 radical (unpaired) electrons. The SMILES string of the molecule is CCOC(=O)O[C@@H](C)n1nnnc1-c1c(-c2ccc(C(=O)Nc3ncccc3Cl)cc2F)cnn1C. The van der Waals surface area contributed by atoms with E-state index in [1.165, 1.54) is 33.9 Å². The number of hydrogen-bond acceptors (Lipinski definition) is 9. The molecule has 0 spiro atoms. The number of aryl methyl sites for hydroxylation is 1. The van der Waals surface area contributed by atoms with Gasteiger partial charge in [0.05, 0.1) is 17.8 Å². The number of benzene rings is 1. The van der Waals surface area contributed by atoms with E-state index in [0.29, 0.717) is 11.3 Å². The molecular weight excluding hydrogens is 495 g/mol. The fraction of sp³-hybridized carbons (Fsp3) is 0.227. The van der Waals surface area contributed by atoms with Crippen LogP contribution in [0.3, 0.4) is 0 Å². The van der Waals surface area contributed by atoms with Gasteiger partial charge >= 0.3 is 6.16 Å². The maximum absolute atomic E-state index is 15.3. The number of ether oxygens (including phenoxy) is 2. The zero-order chi connectivity index (χ0) is 25.8. The number of rotatable bonds is 7. The van der Waals surface area contributed by atoms with Crippen LogP contribution in [0, 0.1) is 5.82 Å². The van der Waals surface area contributed by atoms with E-state index in [0.717, 1.165) is 6.07 Å². The van der Waals surface area contributed by atoms with Gasteiger partial charge in [0.1, 0.15) is 11.5 Å². The Morgan fingerprint density at radius 2 is 2.06 bits per heavy atom. The van der Waals surface area contributed by atoms with Crippen molar-refractivity contribution >= 4 is 29.5 Å². The molecule has 0 aliphatic carbocycles. The summed E-state index contributed by atoms with van der Waals surface area (Å²) >= 11 is 6.03.